The van der Waals surface area contributed by atoms with Crippen molar-refractivity contribution in [3.8, 4) is 5.75 Å². The first kappa shape index (κ1) is 17.2. The van der Waals surface area contributed by atoms with E-state index in [1.165, 1.54) is 0 Å². The van der Waals surface area contributed by atoms with Gasteiger partial charge in [0.15, 0.2) is 0 Å². The van der Waals surface area contributed by atoms with Crippen LogP contribution in [-0.4, -0.2) is 29.7 Å². The summed E-state index contributed by atoms with van der Waals surface area (Å²) in [5, 5.41) is 10.5. The van der Waals surface area contributed by atoms with Crippen molar-refractivity contribution in [3.63, 3.8) is 0 Å². The van der Waals surface area contributed by atoms with Crippen molar-refractivity contribution < 1.29 is 19.4 Å². The standard InChI is InChI=1S/C18H23NO4/c1-5-22-18(21)14-7-6-8-19-17(15(14)20)23-16-12(3)9-11(2)10-13(16)4/h6,8-10,14-15,20H,5,7H2,1-4H3/t14?,15-/m0/s1. The summed E-state index contributed by atoms with van der Waals surface area (Å²) in [6.07, 6.45) is 2.51. The molecule has 1 aliphatic rings. The van der Waals surface area contributed by atoms with Crippen LogP contribution in [0.4, 0.5) is 0 Å². The Morgan fingerprint density at radius 2 is 1.96 bits per heavy atom. The minimum atomic E-state index is -1.14. The first-order valence-corrected chi connectivity index (χ1v) is 7.77. The number of aliphatic hydroxyl groups excluding tert-OH is 1. The molecule has 124 valence electrons. The number of allylic oxidation sites excluding steroid dienone is 1. The largest absolute Gasteiger partial charge is 0.466 e. The second-order valence-corrected chi connectivity index (χ2v) is 5.72. The Hall–Kier alpha value is -2.14. The second kappa shape index (κ2) is 7.42. The summed E-state index contributed by atoms with van der Waals surface area (Å²) in [6.45, 7) is 7.91. The Kier molecular flexibility index (Phi) is 5.55. The molecule has 0 amide bonds. The van der Waals surface area contributed by atoms with Crippen LogP contribution < -0.4 is 4.74 Å². The zero-order valence-electron chi connectivity index (χ0n) is 14.0. The van der Waals surface area contributed by atoms with E-state index < -0.39 is 18.0 Å². The first-order chi connectivity index (χ1) is 10.9. The van der Waals surface area contributed by atoms with Gasteiger partial charge in [-0.1, -0.05) is 23.8 Å². The lowest BCUT2D eigenvalue weighted by molar-refractivity contribution is -0.150. The van der Waals surface area contributed by atoms with Crippen LogP contribution in [0, 0.1) is 26.7 Å². The molecule has 0 saturated heterocycles. The predicted molar refractivity (Wildman–Crippen MR) is 88.6 cm³/mol. The van der Waals surface area contributed by atoms with Crippen molar-refractivity contribution in [2.24, 2.45) is 10.9 Å². The van der Waals surface area contributed by atoms with E-state index >= 15 is 0 Å². The number of hydrogen-bond acceptors (Lipinski definition) is 5. The molecule has 0 radical (unpaired) electrons. The second-order valence-electron chi connectivity index (χ2n) is 5.72. The number of aliphatic imine (C=N–C) groups is 1. The summed E-state index contributed by atoms with van der Waals surface area (Å²) in [6, 6.07) is 4.01. The number of esters is 1. The number of benzene rings is 1. The van der Waals surface area contributed by atoms with Gasteiger partial charge in [-0.3, -0.25) is 4.79 Å². The van der Waals surface area contributed by atoms with Gasteiger partial charge in [0, 0.05) is 6.20 Å². The van der Waals surface area contributed by atoms with Crippen LogP contribution in [-0.2, 0) is 9.53 Å². The van der Waals surface area contributed by atoms with E-state index in [2.05, 4.69) is 4.99 Å². The summed E-state index contributed by atoms with van der Waals surface area (Å²) < 4.78 is 10.9. The number of aliphatic hydroxyl groups is 1. The van der Waals surface area contributed by atoms with Crippen LogP contribution >= 0.6 is 0 Å². The fourth-order valence-electron chi connectivity index (χ4n) is 2.70. The maximum absolute atomic E-state index is 12.0. The van der Waals surface area contributed by atoms with Crippen molar-refractivity contribution >= 4 is 11.9 Å². The lowest BCUT2D eigenvalue weighted by Crippen LogP contribution is -2.38. The molecule has 5 nitrogen and oxygen atoms in total. The zero-order valence-corrected chi connectivity index (χ0v) is 14.0. The minimum absolute atomic E-state index is 0.117. The summed E-state index contributed by atoms with van der Waals surface area (Å²) >= 11 is 0. The molecule has 1 aromatic carbocycles. The normalized spacial score (nSPS) is 20.7. The number of aryl methyl sites for hydroxylation is 3. The highest BCUT2D eigenvalue weighted by molar-refractivity contribution is 5.89. The summed E-state index contributed by atoms with van der Waals surface area (Å²) in [7, 11) is 0. The predicted octanol–water partition coefficient (Wildman–Crippen LogP) is 2.85. The van der Waals surface area contributed by atoms with Crippen LogP contribution in [0.2, 0.25) is 0 Å². The highest BCUT2D eigenvalue weighted by atomic mass is 16.5. The van der Waals surface area contributed by atoms with E-state index in [0.29, 0.717) is 12.2 Å². The molecule has 5 heteroatoms. The topological polar surface area (TPSA) is 68.1 Å². The molecule has 1 unspecified atom stereocenters. The molecule has 0 aromatic heterocycles. The molecule has 1 aromatic rings. The van der Waals surface area contributed by atoms with E-state index in [1.54, 1.807) is 19.2 Å². The molecule has 0 aliphatic carbocycles. The summed E-state index contributed by atoms with van der Waals surface area (Å²) in [5.74, 6) is -0.378. The summed E-state index contributed by atoms with van der Waals surface area (Å²) in [4.78, 5) is 16.2. The van der Waals surface area contributed by atoms with Crippen molar-refractivity contribution in [3.05, 3.63) is 41.1 Å². The molecule has 2 rings (SSSR count). The van der Waals surface area contributed by atoms with E-state index in [0.717, 1.165) is 16.7 Å². The van der Waals surface area contributed by atoms with Gasteiger partial charge in [-0.25, -0.2) is 4.99 Å². The molecule has 0 bridgehead atoms. The fourth-order valence-corrected chi connectivity index (χ4v) is 2.70. The molecule has 2 atom stereocenters. The number of nitrogens with zero attached hydrogens (tertiary/aromatic N) is 1. The van der Waals surface area contributed by atoms with Gasteiger partial charge in [0.2, 0.25) is 5.90 Å². The van der Waals surface area contributed by atoms with Gasteiger partial charge < -0.3 is 14.6 Å². The van der Waals surface area contributed by atoms with Crippen molar-refractivity contribution in [2.75, 3.05) is 6.61 Å². The molecular formula is C18H23NO4. The lowest BCUT2D eigenvalue weighted by atomic mass is 9.99. The Morgan fingerprint density at radius 1 is 1.30 bits per heavy atom. The average Bonchev–Trinajstić information content (AvgIpc) is 2.65. The molecule has 1 N–H and O–H groups in total. The van der Waals surface area contributed by atoms with Gasteiger partial charge in [0.25, 0.3) is 0 Å². The molecule has 23 heavy (non-hydrogen) atoms. The molecule has 1 aliphatic heterocycles. The number of ether oxygens (including phenoxy) is 2. The monoisotopic (exact) mass is 317 g/mol. The van der Waals surface area contributed by atoms with Gasteiger partial charge in [0.05, 0.1) is 12.5 Å². The first-order valence-electron chi connectivity index (χ1n) is 7.77. The zero-order chi connectivity index (χ0) is 17.0. The molecule has 0 spiro atoms. The highest BCUT2D eigenvalue weighted by Crippen LogP contribution is 2.27. The van der Waals surface area contributed by atoms with Crippen LogP contribution in [0.5, 0.6) is 5.75 Å². The van der Waals surface area contributed by atoms with Gasteiger partial charge in [0.1, 0.15) is 11.9 Å². The molecule has 1 heterocycles. The minimum Gasteiger partial charge on any atom is -0.466 e. The van der Waals surface area contributed by atoms with E-state index in [4.69, 9.17) is 9.47 Å². The fraction of sp³-hybridized carbons (Fsp3) is 0.444. The quantitative estimate of drug-likeness (QED) is 0.871. The van der Waals surface area contributed by atoms with Gasteiger partial charge in [-0.2, -0.15) is 0 Å². The maximum atomic E-state index is 12.0. The molecule has 0 saturated carbocycles. The maximum Gasteiger partial charge on any atom is 0.312 e. The van der Waals surface area contributed by atoms with Crippen LogP contribution in [0.3, 0.4) is 0 Å². The third-order valence-electron chi connectivity index (χ3n) is 3.73. The number of hydrogen-bond donors (Lipinski definition) is 1. The Labute approximate surface area is 136 Å². The highest BCUT2D eigenvalue weighted by Gasteiger charge is 2.33. The molecule has 0 fully saturated rings. The average molecular weight is 317 g/mol. The van der Waals surface area contributed by atoms with Gasteiger partial charge in [-0.05, 0) is 45.2 Å². The number of rotatable bonds is 3. The van der Waals surface area contributed by atoms with Crippen molar-refractivity contribution in [2.45, 2.75) is 40.2 Å². The SMILES string of the molecule is CCOC(=O)C1CC=CN=C(Oc2c(C)cc(C)cc2C)[C@H]1O. The van der Waals surface area contributed by atoms with E-state index in [1.807, 2.05) is 32.9 Å². The van der Waals surface area contributed by atoms with Crippen molar-refractivity contribution in [1.29, 1.82) is 0 Å². The third-order valence-corrected chi connectivity index (χ3v) is 3.73. The summed E-state index contributed by atoms with van der Waals surface area (Å²) in [5.41, 5.74) is 3.05. The van der Waals surface area contributed by atoms with Gasteiger partial charge >= 0.3 is 5.97 Å². The van der Waals surface area contributed by atoms with Crippen molar-refractivity contribution in [1.82, 2.24) is 0 Å². The number of carbonyl (C=O) groups excluding carboxylic acids is 1. The third kappa shape index (κ3) is 3.99. The Morgan fingerprint density at radius 3 is 2.57 bits per heavy atom. The van der Waals surface area contributed by atoms with Crippen LogP contribution in [0.1, 0.15) is 30.0 Å². The Balaban J connectivity index is 2.26. The number of carbonyl (C=O) groups is 1. The smallest absolute Gasteiger partial charge is 0.312 e. The Bertz CT molecular complexity index is 625. The van der Waals surface area contributed by atoms with Crippen LogP contribution in [0.15, 0.2) is 29.4 Å². The van der Waals surface area contributed by atoms with Crippen LogP contribution in [0.25, 0.3) is 0 Å². The van der Waals surface area contributed by atoms with E-state index in [9.17, 15) is 9.90 Å². The van der Waals surface area contributed by atoms with Gasteiger partial charge in [-0.15, -0.1) is 0 Å². The van der Waals surface area contributed by atoms with E-state index in [-0.39, 0.29) is 12.5 Å². The molecular weight excluding hydrogens is 294 g/mol. The lowest BCUT2D eigenvalue weighted by Gasteiger charge is -2.21.